The van der Waals surface area contributed by atoms with Crippen LogP contribution in [0.4, 0.5) is 0 Å². The monoisotopic (exact) mass is 156 g/mol. The van der Waals surface area contributed by atoms with E-state index in [1.165, 1.54) is 0 Å². The zero-order valence-corrected chi connectivity index (χ0v) is 6.66. The standard InChI is InChI=1S/C7H9O2P/c1-6-3-2-4-7(5-6)10(8)9/h2-5,10H,1H3,(H,8,9). The van der Waals surface area contributed by atoms with E-state index >= 15 is 0 Å². The first-order valence-electron chi connectivity index (χ1n) is 3.00. The van der Waals surface area contributed by atoms with Crippen LogP contribution in [0.25, 0.3) is 0 Å². The Hall–Kier alpha value is -0.590. The molecule has 1 unspecified atom stereocenters. The van der Waals surface area contributed by atoms with Gasteiger partial charge < -0.3 is 4.89 Å². The van der Waals surface area contributed by atoms with E-state index in [1.54, 1.807) is 18.2 Å². The maximum absolute atomic E-state index is 10.5. The average Bonchev–Trinajstić information content (AvgIpc) is 1.88. The third-order valence-corrected chi connectivity index (χ3v) is 2.07. The molecule has 2 nitrogen and oxygen atoms in total. The van der Waals surface area contributed by atoms with Crippen LogP contribution in [0.1, 0.15) is 5.56 Å². The van der Waals surface area contributed by atoms with Crippen molar-refractivity contribution in [2.45, 2.75) is 6.92 Å². The molecular weight excluding hydrogens is 147 g/mol. The molecule has 0 aromatic heterocycles. The highest BCUT2D eigenvalue weighted by molar-refractivity contribution is 7.47. The smallest absolute Gasteiger partial charge is 0.218 e. The predicted octanol–water partition coefficient (Wildman–Crippen LogP) is 1.09. The van der Waals surface area contributed by atoms with Gasteiger partial charge in [0, 0.05) is 5.30 Å². The van der Waals surface area contributed by atoms with Crippen molar-refractivity contribution >= 4 is 13.3 Å². The zero-order chi connectivity index (χ0) is 7.56. The van der Waals surface area contributed by atoms with Crippen molar-refractivity contribution in [3.63, 3.8) is 0 Å². The molecule has 1 N–H and O–H groups in total. The average molecular weight is 156 g/mol. The highest BCUT2D eigenvalue weighted by Gasteiger charge is 1.95. The van der Waals surface area contributed by atoms with Crippen molar-refractivity contribution in [3.05, 3.63) is 29.8 Å². The molecule has 0 amide bonds. The molecule has 0 aliphatic heterocycles. The van der Waals surface area contributed by atoms with E-state index in [9.17, 15) is 4.57 Å². The predicted molar refractivity (Wildman–Crippen MR) is 42.0 cm³/mol. The third-order valence-electron chi connectivity index (χ3n) is 1.27. The van der Waals surface area contributed by atoms with E-state index in [-0.39, 0.29) is 0 Å². The third kappa shape index (κ3) is 1.69. The molecule has 0 aliphatic rings. The lowest BCUT2D eigenvalue weighted by atomic mass is 10.2. The SMILES string of the molecule is Cc1cccc([PH](=O)O)c1. The summed E-state index contributed by atoms with van der Waals surface area (Å²) in [6, 6.07) is 7.06. The second-order valence-electron chi connectivity index (χ2n) is 2.17. The fraction of sp³-hybridized carbons (Fsp3) is 0.143. The van der Waals surface area contributed by atoms with Gasteiger partial charge in [-0.3, -0.25) is 4.57 Å². The summed E-state index contributed by atoms with van der Waals surface area (Å²) in [5.74, 6) is 0. The zero-order valence-electron chi connectivity index (χ0n) is 5.66. The Morgan fingerprint density at radius 2 is 2.20 bits per heavy atom. The van der Waals surface area contributed by atoms with Gasteiger partial charge in [0.15, 0.2) is 0 Å². The molecule has 0 bridgehead atoms. The van der Waals surface area contributed by atoms with Gasteiger partial charge in [-0.05, 0) is 19.1 Å². The summed E-state index contributed by atoms with van der Waals surface area (Å²) in [5, 5.41) is 0.532. The lowest BCUT2D eigenvalue weighted by Crippen LogP contribution is -1.94. The Bertz CT molecular complexity index is 258. The summed E-state index contributed by atoms with van der Waals surface area (Å²) < 4.78 is 10.5. The Morgan fingerprint density at radius 3 is 2.60 bits per heavy atom. The lowest BCUT2D eigenvalue weighted by Gasteiger charge is -1.95. The second-order valence-corrected chi connectivity index (χ2v) is 3.36. The quantitative estimate of drug-likeness (QED) is 0.618. The van der Waals surface area contributed by atoms with Crippen molar-refractivity contribution in [2.24, 2.45) is 0 Å². The maximum Gasteiger partial charge on any atom is 0.218 e. The van der Waals surface area contributed by atoms with Crippen molar-refractivity contribution in [1.29, 1.82) is 0 Å². The van der Waals surface area contributed by atoms with Crippen LogP contribution in [0.2, 0.25) is 0 Å². The molecule has 1 aromatic carbocycles. The number of rotatable bonds is 1. The highest BCUT2D eigenvalue weighted by Crippen LogP contribution is 2.12. The molecule has 1 aromatic rings. The van der Waals surface area contributed by atoms with E-state index in [2.05, 4.69) is 0 Å². The Morgan fingerprint density at radius 1 is 1.50 bits per heavy atom. The van der Waals surface area contributed by atoms with Crippen molar-refractivity contribution in [1.82, 2.24) is 0 Å². The first kappa shape index (κ1) is 7.52. The normalized spacial score (nSPS) is 13.0. The molecule has 54 valence electrons. The molecule has 0 radical (unpaired) electrons. The summed E-state index contributed by atoms with van der Waals surface area (Å²) >= 11 is 0. The summed E-state index contributed by atoms with van der Waals surface area (Å²) in [6.45, 7) is 1.90. The van der Waals surface area contributed by atoms with Gasteiger partial charge in [0.2, 0.25) is 8.03 Å². The van der Waals surface area contributed by atoms with Crippen LogP contribution < -0.4 is 5.30 Å². The summed E-state index contributed by atoms with van der Waals surface area (Å²) in [7, 11) is -2.48. The van der Waals surface area contributed by atoms with Crippen LogP contribution in [-0.4, -0.2) is 4.89 Å². The second kappa shape index (κ2) is 3.00. The Balaban J connectivity index is 3.07. The van der Waals surface area contributed by atoms with E-state index in [4.69, 9.17) is 4.89 Å². The molecule has 0 fully saturated rings. The number of hydrogen-bond acceptors (Lipinski definition) is 1. The molecule has 1 atom stereocenters. The molecule has 1 rings (SSSR count). The van der Waals surface area contributed by atoms with Crippen LogP contribution in [0, 0.1) is 6.92 Å². The van der Waals surface area contributed by atoms with Gasteiger partial charge in [-0.15, -0.1) is 0 Å². The number of hydrogen-bond donors (Lipinski definition) is 1. The van der Waals surface area contributed by atoms with E-state index < -0.39 is 8.03 Å². The van der Waals surface area contributed by atoms with Crippen molar-refractivity contribution in [2.75, 3.05) is 0 Å². The highest BCUT2D eigenvalue weighted by atomic mass is 31.1. The molecule has 0 heterocycles. The molecule has 10 heavy (non-hydrogen) atoms. The fourth-order valence-corrected chi connectivity index (χ4v) is 1.37. The fourth-order valence-electron chi connectivity index (χ4n) is 0.778. The lowest BCUT2D eigenvalue weighted by molar-refractivity contribution is 0.513. The van der Waals surface area contributed by atoms with Gasteiger partial charge >= 0.3 is 0 Å². The van der Waals surface area contributed by atoms with E-state index in [1.807, 2.05) is 13.0 Å². The Labute approximate surface area is 60.4 Å². The minimum absolute atomic E-state index is 0.532. The van der Waals surface area contributed by atoms with E-state index in [0.29, 0.717) is 5.30 Å². The topological polar surface area (TPSA) is 37.3 Å². The number of aryl methyl sites for hydroxylation is 1. The van der Waals surface area contributed by atoms with Crippen molar-refractivity contribution in [3.8, 4) is 0 Å². The maximum atomic E-state index is 10.5. The minimum atomic E-state index is -2.48. The summed E-state index contributed by atoms with van der Waals surface area (Å²) in [5.41, 5.74) is 1.02. The molecular formula is C7H9O2P. The summed E-state index contributed by atoms with van der Waals surface area (Å²) in [4.78, 5) is 8.69. The molecule has 3 heteroatoms. The molecule has 0 saturated heterocycles. The first-order chi connectivity index (χ1) is 4.70. The molecule has 0 spiro atoms. The van der Waals surface area contributed by atoms with Crippen LogP contribution >= 0.6 is 8.03 Å². The Kier molecular flexibility index (Phi) is 2.25. The van der Waals surface area contributed by atoms with Crippen molar-refractivity contribution < 1.29 is 9.46 Å². The number of benzene rings is 1. The van der Waals surface area contributed by atoms with Crippen LogP contribution in [-0.2, 0) is 4.57 Å². The summed E-state index contributed by atoms with van der Waals surface area (Å²) in [6.07, 6.45) is 0. The van der Waals surface area contributed by atoms with E-state index in [0.717, 1.165) is 5.56 Å². The van der Waals surface area contributed by atoms with Gasteiger partial charge in [0.1, 0.15) is 0 Å². The van der Waals surface area contributed by atoms with Gasteiger partial charge in [0.05, 0.1) is 0 Å². The first-order valence-corrected chi connectivity index (χ1v) is 4.35. The van der Waals surface area contributed by atoms with Gasteiger partial charge in [-0.1, -0.05) is 17.7 Å². The van der Waals surface area contributed by atoms with Crippen LogP contribution in [0.15, 0.2) is 24.3 Å². The van der Waals surface area contributed by atoms with Gasteiger partial charge in [-0.25, -0.2) is 0 Å². The molecule has 0 aliphatic carbocycles. The largest absolute Gasteiger partial charge is 0.343 e. The molecule has 0 saturated carbocycles. The van der Waals surface area contributed by atoms with Crippen LogP contribution in [0.3, 0.4) is 0 Å². The van der Waals surface area contributed by atoms with Gasteiger partial charge in [-0.2, -0.15) is 0 Å². The van der Waals surface area contributed by atoms with Gasteiger partial charge in [0.25, 0.3) is 0 Å². The minimum Gasteiger partial charge on any atom is -0.343 e. The van der Waals surface area contributed by atoms with Crippen LogP contribution in [0.5, 0.6) is 0 Å².